The predicted octanol–water partition coefficient (Wildman–Crippen LogP) is 4.88. The quantitative estimate of drug-likeness (QED) is 0.128. The zero-order valence-electron chi connectivity index (χ0n) is 20.9. The molecule has 1 saturated carbocycles. The summed E-state index contributed by atoms with van der Waals surface area (Å²) in [5, 5.41) is 17.8. The summed E-state index contributed by atoms with van der Waals surface area (Å²) < 4.78 is 27.1. The van der Waals surface area contributed by atoms with Crippen LogP contribution in [0.3, 0.4) is 0 Å². The largest absolute Gasteiger partial charge is 0.508 e. The average Bonchev–Trinajstić information content (AvgIpc) is 3.69. The highest BCUT2D eigenvalue weighted by Crippen LogP contribution is 2.39. The maximum Gasteiger partial charge on any atom is 0.267 e. The van der Waals surface area contributed by atoms with Crippen molar-refractivity contribution in [3.63, 3.8) is 0 Å². The van der Waals surface area contributed by atoms with E-state index in [1.807, 2.05) is 12.1 Å². The first-order valence-corrected chi connectivity index (χ1v) is 13.7. The number of rotatable bonds is 7. The number of hydrogen-bond acceptors (Lipinski definition) is 6. The molecule has 5 rings (SSSR count). The molecule has 4 aromatic carbocycles. The number of nitrogens with one attached hydrogen (secondary N) is 2. The summed E-state index contributed by atoms with van der Waals surface area (Å²) in [6, 6.07) is 30.7. The number of phenols is 1. The van der Waals surface area contributed by atoms with Gasteiger partial charge in [-0.15, -0.1) is 0 Å². The van der Waals surface area contributed by atoms with Crippen LogP contribution in [-0.2, 0) is 14.8 Å². The monoisotopic (exact) mass is 543 g/mol. The molecular formula is C30H29N3O5S. The number of amides is 1. The lowest BCUT2D eigenvalue weighted by Crippen LogP contribution is -2.15. The number of nitrogens with two attached hydrogens (primary N) is 1. The fourth-order valence-corrected chi connectivity index (χ4v) is 5.03. The van der Waals surface area contributed by atoms with Crippen LogP contribution in [0, 0.1) is 0 Å². The van der Waals surface area contributed by atoms with Crippen molar-refractivity contribution in [1.82, 2.24) is 5.48 Å². The molecule has 200 valence electrons. The molecule has 9 heteroatoms. The molecule has 1 amide bonds. The van der Waals surface area contributed by atoms with Crippen LogP contribution in [0.2, 0.25) is 0 Å². The molecule has 0 saturated heterocycles. The zero-order chi connectivity index (χ0) is 27.8. The Hall–Kier alpha value is -4.44. The standard InChI is InChI=1S/C15H14N2O4S.C15H15NO/c18-15(16-19)10-9-12-5-4-8-14(11-12)22(20,21)17-13-6-2-1-3-7-13;16-15-9-14(15)11-6-4-10(5-7-11)12-2-1-3-13(17)8-12/h1-11,17,19H,(H,16,18);1-8,14-15,17H,9,16H2. The Morgan fingerprint density at radius 3 is 2.21 bits per heavy atom. The minimum Gasteiger partial charge on any atom is -0.508 e. The average molecular weight is 544 g/mol. The molecule has 39 heavy (non-hydrogen) atoms. The van der Waals surface area contributed by atoms with Gasteiger partial charge in [-0.1, -0.05) is 66.7 Å². The van der Waals surface area contributed by atoms with Gasteiger partial charge in [-0.25, -0.2) is 13.9 Å². The second-order valence-corrected chi connectivity index (χ2v) is 10.7. The van der Waals surface area contributed by atoms with Crippen LogP contribution in [0.1, 0.15) is 23.5 Å². The van der Waals surface area contributed by atoms with Gasteiger partial charge < -0.3 is 10.8 Å². The van der Waals surface area contributed by atoms with Gasteiger partial charge in [-0.05, 0) is 71.1 Å². The second-order valence-electron chi connectivity index (χ2n) is 9.03. The van der Waals surface area contributed by atoms with E-state index in [4.69, 9.17) is 10.9 Å². The van der Waals surface area contributed by atoms with Crippen molar-refractivity contribution < 1.29 is 23.5 Å². The number of anilines is 1. The SMILES string of the molecule is NC1CC1c1ccc(-c2cccc(O)c2)cc1.O=C(C=Cc1cccc(S(=O)(=O)Nc2ccccc2)c1)NO. The van der Waals surface area contributed by atoms with Crippen molar-refractivity contribution >= 4 is 27.7 Å². The van der Waals surface area contributed by atoms with E-state index in [-0.39, 0.29) is 4.90 Å². The molecule has 0 spiro atoms. The number of para-hydroxylation sites is 1. The van der Waals surface area contributed by atoms with Crippen LogP contribution in [0.4, 0.5) is 5.69 Å². The molecule has 0 radical (unpaired) electrons. The fourth-order valence-electron chi connectivity index (χ4n) is 3.92. The van der Waals surface area contributed by atoms with E-state index < -0.39 is 15.9 Å². The van der Waals surface area contributed by atoms with Crippen LogP contribution in [0.5, 0.6) is 5.75 Å². The fraction of sp³-hybridized carbons (Fsp3) is 0.100. The van der Waals surface area contributed by atoms with Gasteiger partial charge in [0.15, 0.2) is 0 Å². The van der Waals surface area contributed by atoms with Gasteiger partial charge in [0, 0.05) is 23.7 Å². The van der Waals surface area contributed by atoms with E-state index in [0.717, 1.165) is 23.6 Å². The number of hydrogen-bond donors (Lipinski definition) is 5. The Balaban J connectivity index is 0.000000186. The van der Waals surface area contributed by atoms with Crippen LogP contribution < -0.4 is 15.9 Å². The Morgan fingerprint density at radius 1 is 0.872 bits per heavy atom. The highest BCUT2D eigenvalue weighted by molar-refractivity contribution is 7.92. The van der Waals surface area contributed by atoms with Gasteiger partial charge in [0.05, 0.1) is 4.90 Å². The lowest BCUT2D eigenvalue weighted by molar-refractivity contribution is -0.124. The summed E-state index contributed by atoms with van der Waals surface area (Å²) in [5.74, 6) is 0.152. The maximum atomic E-state index is 12.3. The van der Waals surface area contributed by atoms with E-state index in [0.29, 0.717) is 29.0 Å². The summed E-state index contributed by atoms with van der Waals surface area (Å²) in [6.45, 7) is 0. The number of carbonyl (C=O) groups excluding carboxylic acids is 1. The molecule has 2 unspecified atom stereocenters. The Morgan fingerprint density at radius 2 is 1.56 bits per heavy atom. The Kier molecular flexibility index (Phi) is 8.77. The van der Waals surface area contributed by atoms with E-state index in [1.54, 1.807) is 54.6 Å². The molecule has 0 heterocycles. The number of carbonyl (C=O) groups is 1. The molecule has 1 fully saturated rings. The smallest absolute Gasteiger partial charge is 0.267 e. The van der Waals surface area contributed by atoms with E-state index in [1.165, 1.54) is 29.3 Å². The molecule has 1 aliphatic carbocycles. The van der Waals surface area contributed by atoms with Crippen molar-refractivity contribution in [2.24, 2.45) is 5.73 Å². The van der Waals surface area contributed by atoms with Crippen LogP contribution in [0.15, 0.2) is 114 Å². The zero-order valence-corrected chi connectivity index (χ0v) is 21.8. The lowest BCUT2D eigenvalue weighted by Gasteiger charge is -2.08. The number of sulfonamides is 1. The van der Waals surface area contributed by atoms with Gasteiger partial charge in [0.1, 0.15) is 5.75 Å². The highest BCUT2D eigenvalue weighted by Gasteiger charge is 2.34. The molecule has 1 aliphatic rings. The molecule has 8 nitrogen and oxygen atoms in total. The first-order chi connectivity index (χ1) is 18.7. The number of phenolic OH excluding ortho intramolecular Hbond substituents is 1. The summed E-state index contributed by atoms with van der Waals surface area (Å²) in [7, 11) is -3.71. The maximum absolute atomic E-state index is 12.3. The van der Waals surface area contributed by atoms with Gasteiger partial charge in [0.2, 0.25) is 0 Å². The topological polar surface area (TPSA) is 142 Å². The van der Waals surface area contributed by atoms with Crippen molar-refractivity contribution in [1.29, 1.82) is 0 Å². The first kappa shape index (κ1) is 27.6. The van der Waals surface area contributed by atoms with Crippen LogP contribution in [0.25, 0.3) is 17.2 Å². The van der Waals surface area contributed by atoms with Gasteiger partial charge in [0.25, 0.3) is 15.9 Å². The van der Waals surface area contributed by atoms with E-state index >= 15 is 0 Å². The molecule has 4 aromatic rings. The van der Waals surface area contributed by atoms with Crippen molar-refractivity contribution in [3.05, 3.63) is 120 Å². The Labute approximate surface area is 227 Å². The third kappa shape index (κ3) is 7.78. The molecule has 0 aliphatic heterocycles. The minimum absolute atomic E-state index is 0.0721. The molecule has 0 aromatic heterocycles. The van der Waals surface area contributed by atoms with Crippen LogP contribution in [-0.4, -0.2) is 30.7 Å². The van der Waals surface area contributed by atoms with Crippen molar-refractivity contribution in [2.45, 2.75) is 23.3 Å². The van der Waals surface area contributed by atoms with Gasteiger partial charge in [-0.3, -0.25) is 14.7 Å². The first-order valence-electron chi connectivity index (χ1n) is 12.2. The predicted molar refractivity (Wildman–Crippen MR) is 152 cm³/mol. The number of benzene rings is 4. The minimum atomic E-state index is -3.71. The number of aromatic hydroxyl groups is 1. The molecular weight excluding hydrogens is 514 g/mol. The summed E-state index contributed by atoms with van der Waals surface area (Å²) >= 11 is 0. The van der Waals surface area contributed by atoms with Crippen molar-refractivity contribution in [3.8, 4) is 16.9 Å². The summed E-state index contributed by atoms with van der Waals surface area (Å²) in [5.41, 5.74) is 11.7. The summed E-state index contributed by atoms with van der Waals surface area (Å²) in [6.07, 6.45) is 3.59. The second kappa shape index (κ2) is 12.4. The normalized spacial score (nSPS) is 16.2. The molecule has 0 bridgehead atoms. The summed E-state index contributed by atoms with van der Waals surface area (Å²) in [4.78, 5) is 11.0. The van der Waals surface area contributed by atoms with Gasteiger partial charge in [-0.2, -0.15) is 0 Å². The lowest BCUT2D eigenvalue weighted by atomic mass is 10.0. The van der Waals surface area contributed by atoms with Crippen molar-refractivity contribution in [2.75, 3.05) is 4.72 Å². The molecule has 2 atom stereocenters. The third-order valence-electron chi connectivity index (χ3n) is 6.09. The van der Waals surface area contributed by atoms with Crippen LogP contribution >= 0.6 is 0 Å². The van der Waals surface area contributed by atoms with E-state index in [2.05, 4.69) is 29.0 Å². The third-order valence-corrected chi connectivity index (χ3v) is 7.47. The van der Waals surface area contributed by atoms with E-state index in [9.17, 15) is 18.3 Å². The highest BCUT2D eigenvalue weighted by atomic mass is 32.2. The molecule has 6 N–H and O–H groups in total. The Bertz CT molecular complexity index is 1560. The number of hydroxylamine groups is 1. The van der Waals surface area contributed by atoms with Gasteiger partial charge >= 0.3 is 0 Å².